The first-order chi connectivity index (χ1) is 6.38. The summed E-state index contributed by atoms with van der Waals surface area (Å²) in [5, 5.41) is 0.812. The lowest BCUT2D eigenvalue weighted by molar-refractivity contribution is 0.294. The maximum absolute atomic E-state index is 13.3. The molecule has 0 N–H and O–H groups in total. The Kier molecular flexibility index (Phi) is 2.76. The van der Waals surface area contributed by atoms with Gasteiger partial charge in [0.25, 0.3) is 0 Å². The molecule has 1 aliphatic rings. The van der Waals surface area contributed by atoms with Crippen molar-refractivity contribution in [1.29, 1.82) is 0 Å². The second-order valence-corrected chi connectivity index (χ2v) is 5.38. The van der Waals surface area contributed by atoms with Crippen LogP contribution >= 0.6 is 0 Å². The smallest absolute Gasteiger partial charge is 0.249 e. The van der Waals surface area contributed by atoms with Crippen LogP contribution in [0.15, 0.2) is 24.3 Å². The molecular weight excluding hydrogens is 183 g/mol. The van der Waals surface area contributed by atoms with Crippen LogP contribution in [0.4, 0.5) is 4.39 Å². The molecule has 1 radical (unpaired) electrons. The number of hydrogen-bond acceptors (Lipinski definition) is 1. The lowest BCUT2D eigenvalue weighted by Crippen LogP contribution is -2.38. The van der Waals surface area contributed by atoms with E-state index in [0.717, 1.165) is 24.3 Å². The first-order valence-corrected chi connectivity index (χ1v) is 6.23. The third kappa shape index (κ3) is 1.98. The van der Waals surface area contributed by atoms with Crippen LogP contribution in [0.2, 0.25) is 6.04 Å². The summed E-state index contributed by atoms with van der Waals surface area (Å²) in [6.07, 6.45) is 2.31. The number of benzene rings is 1. The van der Waals surface area contributed by atoms with Gasteiger partial charge in [0.05, 0.1) is 0 Å². The summed E-state index contributed by atoms with van der Waals surface area (Å²) in [7, 11) is -1.03. The molecule has 1 aromatic carbocycles. The average Bonchev–Trinajstić information content (AvgIpc) is 2.20. The molecule has 0 aromatic heterocycles. The van der Waals surface area contributed by atoms with Crippen LogP contribution in [0.1, 0.15) is 12.8 Å². The zero-order valence-corrected chi connectivity index (χ0v) is 8.42. The van der Waals surface area contributed by atoms with E-state index < -0.39 is 9.04 Å². The highest BCUT2D eigenvalue weighted by Crippen LogP contribution is 2.11. The lowest BCUT2D eigenvalue weighted by Gasteiger charge is -2.20. The lowest BCUT2D eigenvalue weighted by atomic mass is 10.3. The fourth-order valence-electron chi connectivity index (χ4n) is 1.55. The van der Waals surface area contributed by atoms with Gasteiger partial charge in [-0.1, -0.05) is 24.6 Å². The van der Waals surface area contributed by atoms with E-state index in [1.165, 1.54) is 12.5 Å². The molecule has 1 aliphatic heterocycles. The predicted molar refractivity (Wildman–Crippen MR) is 51.8 cm³/mol. The molecule has 1 heterocycles. The van der Waals surface area contributed by atoms with Crippen molar-refractivity contribution in [3.8, 4) is 0 Å². The van der Waals surface area contributed by atoms with Gasteiger partial charge in [-0.15, -0.1) is 0 Å². The molecular formula is C10H12FOSi. The van der Waals surface area contributed by atoms with Gasteiger partial charge in [0.15, 0.2) is 0 Å². The molecule has 0 saturated carbocycles. The highest BCUT2D eigenvalue weighted by molar-refractivity contribution is 6.67. The maximum Gasteiger partial charge on any atom is 0.249 e. The molecule has 0 spiro atoms. The largest absolute Gasteiger partial charge is 0.412 e. The molecule has 1 saturated heterocycles. The van der Waals surface area contributed by atoms with E-state index in [2.05, 4.69) is 0 Å². The molecule has 0 unspecified atom stereocenters. The topological polar surface area (TPSA) is 9.23 Å². The van der Waals surface area contributed by atoms with Gasteiger partial charge in [0.2, 0.25) is 9.04 Å². The Hall–Kier alpha value is -0.673. The van der Waals surface area contributed by atoms with E-state index in [9.17, 15) is 4.39 Å². The minimum Gasteiger partial charge on any atom is -0.412 e. The van der Waals surface area contributed by atoms with Gasteiger partial charge in [0, 0.05) is 11.8 Å². The highest BCUT2D eigenvalue weighted by Gasteiger charge is 2.22. The van der Waals surface area contributed by atoms with Crippen molar-refractivity contribution >= 4 is 14.2 Å². The van der Waals surface area contributed by atoms with Gasteiger partial charge < -0.3 is 4.43 Å². The predicted octanol–water partition coefficient (Wildman–Crippen LogP) is 1.83. The minimum absolute atomic E-state index is 0.0988. The van der Waals surface area contributed by atoms with Crippen LogP contribution in [0.3, 0.4) is 0 Å². The molecule has 1 nitrogen and oxygen atoms in total. The molecule has 3 heteroatoms. The first kappa shape index (κ1) is 8.90. The Balaban J connectivity index is 2.18. The SMILES string of the molecule is Fc1ccccc1[Si]1CCCCO1. The molecule has 1 fully saturated rings. The van der Waals surface area contributed by atoms with E-state index in [4.69, 9.17) is 4.43 Å². The van der Waals surface area contributed by atoms with E-state index in [-0.39, 0.29) is 5.82 Å². The normalized spacial score (nSPS) is 18.8. The minimum atomic E-state index is -1.03. The third-order valence-electron chi connectivity index (χ3n) is 2.25. The van der Waals surface area contributed by atoms with Crippen molar-refractivity contribution in [3.63, 3.8) is 0 Å². The fraction of sp³-hybridized carbons (Fsp3) is 0.400. The van der Waals surface area contributed by atoms with E-state index in [1.807, 2.05) is 12.1 Å². The van der Waals surface area contributed by atoms with Gasteiger partial charge in [-0.3, -0.25) is 0 Å². The van der Waals surface area contributed by atoms with Crippen LogP contribution in [0, 0.1) is 5.82 Å². The Morgan fingerprint density at radius 1 is 1.23 bits per heavy atom. The first-order valence-electron chi connectivity index (χ1n) is 4.61. The average molecular weight is 195 g/mol. The summed E-state index contributed by atoms with van der Waals surface area (Å²) in [5.74, 6) is -0.0988. The van der Waals surface area contributed by atoms with E-state index >= 15 is 0 Å². The van der Waals surface area contributed by atoms with Crippen LogP contribution in [-0.4, -0.2) is 15.6 Å². The van der Waals surface area contributed by atoms with Crippen LogP contribution in [0.25, 0.3) is 0 Å². The van der Waals surface area contributed by atoms with Crippen molar-refractivity contribution in [2.24, 2.45) is 0 Å². The molecule has 0 bridgehead atoms. The highest BCUT2D eigenvalue weighted by atomic mass is 28.3. The summed E-state index contributed by atoms with van der Waals surface area (Å²) in [5.41, 5.74) is 0. The van der Waals surface area contributed by atoms with Gasteiger partial charge >= 0.3 is 0 Å². The molecule has 13 heavy (non-hydrogen) atoms. The second-order valence-electron chi connectivity index (χ2n) is 3.21. The van der Waals surface area contributed by atoms with Crippen LogP contribution < -0.4 is 5.19 Å². The van der Waals surface area contributed by atoms with Crippen molar-refractivity contribution in [3.05, 3.63) is 30.1 Å². The summed E-state index contributed by atoms with van der Waals surface area (Å²) in [6, 6.07) is 8.03. The van der Waals surface area contributed by atoms with Gasteiger partial charge in [-0.05, 0) is 18.5 Å². The molecule has 1 aromatic rings. The Morgan fingerprint density at radius 3 is 2.77 bits per heavy atom. The Bertz CT molecular complexity index is 284. The second kappa shape index (κ2) is 4.02. The maximum atomic E-state index is 13.3. The van der Waals surface area contributed by atoms with Gasteiger partial charge in [0.1, 0.15) is 5.82 Å². The monoisotopic (exact) mass is 195 g/mol. The van der Waals surface area contributed by atoms with E-state index in [0.29, 0.717) is 0 Å². The summed E-state index contributed by atoms with van der Waals surface area (Å²) in [4.78, 5) is 0. The van der Waals surface area contributed by atoms with Gasteiger partial charge in [-0.2, -0.15) is 0 Å². The van der Waals surface area contributed by atoms with E-state index in [1.54, 1.807) is 6.07 Å². The Labute approximate surface area is 79.3 Å². The quantitative estimate of drug-likeness (QED) is 0.621. The van der Waals surface area contributed by atoms with Crippen molar-refractivity contribution in [1.82, 2.24) is 0 Å². The molecule has 2 rings (SSSR count). The Morgan fingerprint density at radius 2 is 2.08 bits per heavy atom. The molecule has 69 valence electrons. The van der Waals surface area contributed by atoms with Crippen LogP contribution in [0.5, 0.6) is 0 Å². The summed E-state index contributed by atoms with van der Waals surface area (Å²) < 4.78 is 18.9. The van der Waals surface area contributed by atoms with Crippen molar-refractivity contribution in [2.45, 2.75) is 18.9 Å². The standard InChI is InChI=1S/C10H12FOSi/c11-9-5-1-2-6-10(9)13-8-4-3-7-12-13/h1-2,5-6H,3-4,7-8H2. The van der Waals surface area contributed by atoms with Crippen LogP contribution in [-0.2, 0) is 4.43 Å². The fourth-order valence-corrected chi connectivity index (χ4v) is 3.72. The molecule has 0 amide bonds. The number of rotatable bonds is 1. The summed E-state index contributed by atoms with van der Waals surface area (Å²) >= 11 is 0. The van der Waals surface area contributed by atoms with Crippen molar-refractivity contribution in [2.75, 3.05) is 6.61 Å². The number of hydrogen-bond donors (Lipinski definition) is 0. The van der Waals surface area contributed by atoms with Crippen molar-refractivity contribution < 1.29 is 8.82 Å². The molecule has 0 aliphatic carbocycles. The third-order valence-corrected chi connectivity index (χ3v) is 4.62. The zero-order chi connectivity index (χ0) is 9.10. The zero-order valence-electron chi connectivity index (χ0n) is 7.42. The molecule has 0 atom stereocenters. The van der Waals surface area contributed by atoms with Gasteiger partial charge in [-0.25, -0.2) is 4.39 Å². The summed E-state index contributed by atoms with van der Waals surface area (Å²) in [6.45, 7) is 0.808. The number of halogens is 1.